The summed E-state index contributed by atoms with van der Waals surface area (Å²) >= 11 is 0. The first-order valence-electron chi connectivity index (χ1n) is 8.43. The van der Waals surface area contributed by atoms with E-state index in [9.17, 15) is 14.7 Å². The van der Waals surface area contributed by atoms with Gasteiger partial charge in [0.1, 0.15) is 18.8 Å². The van der Waals surface area contributed by atoms with Gasteiger partial charge in [0.15, 0.2) is 0 Å². The molecule has 3 atom stereocenters. The third kappa shape index (κ3) is 6.16. The summed E-state index contributed by atoms with van der Waals surface area (Å²) in [6.45, 7) is 5.37. The molecule has 0 aromatic heterocycles. The molecule has 0 fully saturated rings. The maximum Gasteiger partial charge on any atom is 0.407 e. The van der Waals surface area contributed by atoms with E-state index in [0.717, 1.165) is 5.56 Å². The fraction of sp³-hybridized carbons (Fsp3) is 0.474. The van der Waals surface area contributed by atoms with E-state index in [4.69, 9.17) is 14.2 Å². The van der Waals surface area contributed by atoms with Crippen LogP contribution in [0.2, 0.25) is 0 Å². The summed E-state index contributed by atoms with van der Waals surface area (Å²) in [5.74, 6) is -0.419. The third-order valence-electron chi connectivity index (χ3n) is 3.65. The van der Waals surface area contributed by atoms with Gasteiger partial charge in [0, 0.05) is 0 Å². The molecule has 1 aromatic carbocycles. The SMILES string of the molecule is CC(C)(C)C(=O)O[C@@H]1C=C[C@H](O)[C@@H](CNC(=O)OCc2ccccc2)O1. The standard InChI is InChI=1S/C19H25NO6/c1-19(2,3)17(22)26-16-10-9-14(21)15(25-16)11-20-18(23)24-12-13-7-5-4-6-8-13/h4-10,14-16,21H,11-12H2,1-3H3,(H,20,23)/t14-,15+,16+/m0/s1. The van der Waals surface area contributed by atoms with Gasteiger partial charge in [-0.25, -0.2) is 4.79 Å². The molecular weight excluding hydrogens is 338 g/mol. The molecule has 0 bridgehead atoms. The number of rotatable bonds is 5. The number of hydrogen-bond acceptors (Lipinski definition) is 6. The number of ether oxygens (including phenoxy) is 3. The summed E-state index contributed by atoms with van der Waals surface area (Å²) in [5.41, 5.74) is 0.205. The van der Waals surface area contributed by atoms with E-state index in [0.29, 0.717) is 0 Å². The van der Waals surface area contributed by atoms with E-state index < -0.39 is 36.0 Å². The molecule has 142 valence electrons. The number of alkyl carbamates (subject to hydrolysis) is 1. The summed E-state index contributed by atoms with van der Waals surface area (Å²) in [5, 5.41) is 12.5. The number of aliphatic hydroxyl groups is 1. The zero-order valence-electron chi connectivity index (χ0n) is 15.2. The van der Waals surface area contributed by atoms with E-state index in [-0.39, 0.29) is 13.2 Å². The van der Waals surface area contributed by atoms with Crippen molar-refractivity contribution in [2.24, 2.45) is 5.41 Å². The van der Waals surface area contributed by atoms with E-state index in [1.807, 2.05) is 30.3 Å². The van der Waals surface area contributed by atoms with Crippen LogP contribution in [0.25, 0.3) is 0 Å². The Balaban J connectivity index is 1.78. The van der Waals surface area contributed by atoms with Crippen LogP contribution < -0.4 is 5.32 Å². The zero-order chi connectivity index (χ0) is 19.2. The fourth-order valence-corrected chi connectivity index (χ4v) is 2.10. The van der Waals surface area contributed by atoms with Crippen molar-refractivity contribution < 1.29 is 28.9 Å². The van der Waals surface area contributed by atoms with Crippen LogP contribution in [0.3, 0.4) is 0 Å². The minimum absolute atomic E-state index is 0.0166. The quantitative estimate of drug-likeness (QED) is 0.615. The highest BCUT2D eigenvalue weighted by molar-refractivity contribution is 5.75. The summed E-state index contributed by atoms with van der Waals surface area (Å²) in [4.78, 5) is 23.7. The molecule has 0 radical (unpaired) electrons. The van der Waals surface area contributed by atoms with Crippen LogP contribution in [0.5, 0.6) is 0 Å². The Morgan fingerprint density at radius 2 is 1.88 bits per heavy atom. The van der Waals surface area contributed by atoms with Gasteiger partial charge < -0.3 is 24.6 Å². The Morgan fingerprint density at radius 1 is 1.19 bits per heavy atom. The van der Waals surface area contributed by atoms with Crippen molar-refractivity contribution in [3.63, 3.8) is 0 Å². The van der Waals surface area contributed by atoms with Gasteiger partial charge in [-0.1, -0.05) is 36.4 Å². The lowest BCUT2D eigenvalue weighted by molar-refractivity contribution is -0.195. The predicted octanol–water partition coefficient (Wildman–Crippen LogP) is 2.14. The van der Waals surface area contributed by atoms with Gasteiger partial charge in [0.2, 0.25) is 6.29 Å². The fourth-order valence-electron chi connectivity index (χ4n) is 2.10. The molecule has 26 heavy (non-hydrogen) atoms. The Kier molecular flexibility index (Phi) is 6.76. The molecule has 0 saturated heterocycles. The normalized spacial score (nSPS) is 22.5. The first-order chi connectivity index (χ1) is 12.3. The second kappa shape index (κ2) is 8.82. The Labute approximate surface area is 152 Å². The highest BCUT2D eigenvalue weighted by atomic mass is 16.7. The lowest BCUT2D eigenvalue weighted by atomic mass is 9.97. The van der Waals surface area contributed by atoms with Crippen molar-refractivity contribution in [2.75, 3.05) is 6.54 Å². The van der Waals surface area contributed by atoms with Gasteiger partial charge in [-0.15, -0.1) is 0 Å². The summed E-state index contributed by atoms with van der Waals surface area (Å²) < 4.78 is 15.9. The summed E-state index contributed by atoms with van der Waals surface area (Å²) in [6, 6.07) is 9.28. The molecule has 2 rings (SSSR count). The second-order valence-corrected chi connectivity index (χ2v) is 7.02. The largest absolute Gasteiger partial charge is 0.445 e. The van der Waals surface area contributed by atoms with Crippen molar-refractivity contribution in [1.82, 2.24) is 5.32 Å². The highest BCUT2D eigenvalue weighted by Gasteiger charge is 2.31. The monoisotopic (exact) mass is 363 g/mol. The number of hydrogen-bond donors (Lipinski definition) is 2. The molecule has 0 aliphatic carbocycles. The Hall–Kier alpha value is -2.38. The average Bonchev–Trinajstić information content (AvgIpc) is 2.60. The number of carbonyl (C=O) groups excluding carboxylic acids is 2. The van der Waals surface area contributed by atoms with Crippen LogP contribution in [0.1, 0.15) is 26.3 Å². The predicted molar refractivity (Wildman–Crippen MR) is 94.0 cm³/mol. The first kappa shape index (κ1) is 19.9. The maximum atomic E-state index is 11.9. The van der Waals surface area contributed by atoms with Crippen molar-refractivity contribution in [2.45, 2.75) is 45.9 Å². The lowest BCUT2D eigenvalue weighted by Gasteiger charge is -2.30. The number of benzene rings is 1. The van der Waals surface area contributed by atoms with Crippen molar-refractivity contribution in [1.29, 1.82) is 0 Å². The molecule has 7 nitrogen and oxygen atoms in total. The number of amides is 1. The molecule has 1 aromatic rings. The van der Waals surface area contributed by atoms with Crippen LogP contribution >= 0.6 is 0 Å². The topological polar surface area (TPSA) is 94.1 Å². The van der Waals surface area contributed by atoms with E-state index in [1.165, 1.54) is 12.2 Å². The molecule has 1 heterocycles. The van der Waals surface area contributed by atoms with Gasteiger partial charge in [-0.05, 0) is 32.4 Å². The van der Waals surface area contributed by atoms with Crippen LogP contribution in [-0.2, 0) is 25.6 Å². The number of carbonyl (C=O) groups is 2. The van der Waals surface area contributed by atoms with Gasteiger partial charge in [-0.3, -0.25) is 4.79 Å². The minimum atomic E-state index is -0.922. The van der Waals surface area contributed by atoms with Gasteiger partial charge in [0.05, 0.1) is 12.0 Å². The third-order valence-corrected chi connectivity index (χ3v) is 3.65. The van der Waals surface area contributed by atoms with Gasteiger partial charge in [0.25, 0.3) is 0 Å². The number of aliphatic hydroxyl groups excluding tert-OH is 1. The smallest absolute Gasteiger partial charge is 0.407 e. The van der Waals surface area contributed by atoms with Crippen LogP contribution in [0.15, 0.2) is 42.5 Å². The molecule has 0 unspecified atom stereocenters. The Morgan fingerprint density at radius 3 is 2.54 bits per heavy atom. The average molecular weight is 363 g/mol. The van der Waals surface area contributed by atoms with E-state index in [1.54, 1.807) is 20.8 Å². The van der Waals surface area contributed by atoms with Crippen molar-refractivity contribution in [3.05, 3.63) is 48.0 Å². The lowest BCUT2D eigenvalue weighted by Crippen LogP contribution is -2.45. The number of esters is 1. The molecule has 1 amide bonds. The van der Waals surface area contributed by atoms with Gasteiger partial charge in [-0.2, -0.15) is 0 Å². The van der Waals surface area contributed by atoms with Crippen LogP contribution in [0, 0.1) is 5.41 Å². The molecule has 1 aliphatic heterocycles. The second-order valence-electron chi connectivity index (χ2n) is 7.02. The molecular formula is C19H25NO6. The molecule has 0 spiro atoms. The van der Waals surface area contributed by atoms with Crippen LogP contribution in [0.4, 0.5) is 4.79 Å². The van der Waals surface area contributed by atoms with Crippen molar-refractivity contribution in [3.8, 4) is 0 Å². The minimum Gasteiger partial charge on any atom is -0.445 e. The summed E-state index contributed by atoms with van der Waals surface area (Å²) in [6.07, 6.45) is -0.250. The van der Waals surface area contributed by atoms with Gasteiger partial charge >= 0.3 is 12.1 Å². The highest BCUT2D eigenvalue weighted by Crippen LogP contribution is 2.20. The molecule has 1 aliphatic rings. The molecule has 0 saturated carbocycles. The van der Waals surface area contributed by atoms with E-state index >= 15 is 0 Å². The summed E-state index contributed by atoms with van der Waals surface area (Å²) in [7, 11) is 0. The maximum absolute atomic E-state index is 11.9. The van der Waals surface area contributed by atoms with Crippen LogP contribution in [-0.4, -0.2) is 42.2 Å². The Bertz CT molecular complexity index is 637. The molecule has 2 N–H and O–H groups in total. The zero-order valence-corrected chi connectivity index (χ0v) is 15.2. The first-order valence-corrected chi connectivity index (χ1v) is 8.43. The van der Waals surface area contributed by atoms with E-state index in [2.05, 4.69) is 5.32 Å². The number of nitrogens with one attached hydrogen (secondary N) is 1. The molecule has 7 heteroatoms. The van der Waals surface area contributed by atoms with Crippen molar-refractivity contribution >= 4 is 12.1 Å².